The van der Waals surface area contributed by atoms with Gasteiger partial charge >= 0.3 is 0 Å². The first-order valence-corrected chi connectivity index (χ1v) is 8.12. The first-order valence-electron chi connectivity index (χ1n) is 8.12. The summed E-state index contributed by atoms with van der Waals surface area (Å²) < 4.78 is 6.01. The third-order valence-corrected chi connectivity index (χ3v) is 4.46. The van der Waals surface area contributed by atoms with Gasteiger partial charge in [-0.1, -0.05) is 56.9 Å². The Morgan fingerprint density at radius 3 is 2.30 bits per heavy atom. The summed E-state index contributed by atoms with van der Waals surface area (Å²) in [5.74, 6) is 0. The third kappa shape index (κ3) is 3.42. The number of aryl methyl sites for hydroxylation is 1. The van der Waals surface area contributed by atoms with E-state index in [4.69, 9.17) is 4.74 Å². The lowest BCUT2D eigenvalue weighted by atomic mass is 9.78. The monoisotopic (exact) mass is 276 g/mol. The maximum atomic E-state index is 10.8. The summed E-state index contributed by atoms with van der Waals surface area (Å²) in [5, 5.41) is 10.8. The summed E-state index contributed by atoms with van der Waals surface area (Å²) in [7, 11) is 0. The third-order valence-electron chi connectivity index (χ3n) is 4.46. The lowest BCUT2D eigenvalue weighted by molar-refractivity contribution is -0.141. The van der Waals surface area contributed by atoms with Crippen LogP contribution < -0.4 is 0 Å². The van der Waals surface area contributed by atoms with Gasteiger partial charge in [-0.15, -0.1) is 0 Å². The normalized spacial score (nSPS) is 19.8. The lowest BCUT2D eigenvalue weighted by Gasteiger charge is -2.41. The van der Waals surface area contributed by atoms with Crippen molar-refractivity contribution in [3.8, 4) is 0 Å². The van der Waals surface area contributed by atoms with Crippen molar-refractivity contribution >= 4 is 0 Å². The largest absolute Gasteiger partial charge is 0.385 e. The second-order valence-electron chi connectivity index (χ2n) is 5.95. The van der Waals surface area contributed by atoms with Gasteiger partial charge in [-0.2, -0.15) is 0 Å². The summed E-state index contributed by atoms with van der Waals surface area (Å²) in [6.07, 6.45) is 7.28. The summed E-state index contributed by atoms with van der Waals surface area (Å²) in [6, 6.07) is 8.44. The molecule has 1 aliphatic carbocycles. The molecule has 2 nitrogen and oxygen atoms in total. The molecule has 1 aromatic carbocycles. The predicted molar refractivity (Wildman–Crippen MR) is 82.8 cm³/mol. The van der Waals surface area contributed by atoms with Crippen molar-refractivity contribution in [1.29, 1.82) is 0 Å². The number of ether oxygens (including phenoxy) is 1. The van der Waals surface area contributed by atoms with Crippen molar-refractivity contribution in [2.45, 2.75) is 70.5 Å². The summed E-state index contributed by atoms with van der Waals surface area (Å²) in [6.45, 7) is 4.88. The van der Waals surface area contributed by atoms with E-state index in [2.05, 4.69) is 31.2 Å². The first kappa shape index (κ1) is 15.5. The molecule has 0 amide bonds. The summed E-state index contributed by atoms with van der Waals surface area (Å²) >= 11 is 0. The minimum absolute atomic E-state index is 0.362. The van der Waals surface area contributed by atoms with Crippen molar-refractivity contribution in [2.75, 3.05) is 6.61 Å². The van der Waals surface area contributed by atoms with Gasteiger partial charge in [0.05, 0.1) is 5.60 Å². The van der Waals surface area contributed by atoms with Crippen LogP contribution in [0.1, 0.15) is 69.6 Å². The molecule has 112 valence electrons. The van der Waals surface area contributed by atoms with Crippen LogP contribution in [-0.2, 0) is 11.2 Å². The van der Waals surface area contributed by atoms with Gasteiger partial charge in [-0.05, 0) is 37.3 Å². The number of hydrogen-bond donors (Lipinski definition) is 1. The number of aliphatic hydroxyl groups is 1. The number of rotatable bonds is 6. The molecule has 0 aliphatic heterocycles. The highest BCUT2D eigenvalue weighted by molar-refractivity contribution is 5.26. The van der Waals surface area contributed by atoms with Gasteiger partial charge in [0.1, 0.15) is 6.10 Å². The Labute approximate surface area is 123 Å². The van der Waals surface area contributed by atoms with Gasteiger partial charge in [0.25, 0.3) is 0 Å². The standard InChI is InChI=1S/C18H28O2/c1-3-8-15-9-11-16(12-10-15)17(19)18(20-4-2)13-6-5-7-14-18/h9-12,17,19H,3-8,13-14H2,1-2H3. The molecule has 2 heteroatoms. The summed E-state index contributed by atoms with van der Waals surface area (Å²) in [4.78, 5) is 0. The average Bonchev–Trinajstić information content (AvgIpc) is 2.49. The van der Waals surface area contributed by atoms with Gasteiger partial charge in [-0.25, -0.2) is 0 Å². The molecule has 0 radical (unpaired) electrons. The van der Waals surface area contributed by atoms with Gasteiger partial charge in [0.2, 0.25) is 0 Å². The van der Waals surface area contributed by atoms with E-state index in [1.54, 1.807) is 0 Å². The molecule has 20 heavy (non-hydrogen) atoms. The number of aliphatic hydroxyl groups excluding tert-OH is 1. The van der Waals surface area contributed by atoms with Crippen LogP contribution in [0.25, 0.3) is 0 Å². The van der Waals surface area contributed by atoms with Crippen LogP contribution in [0.4, 0.5) is 0 Å². The first-order chi connectivity index (χ1) is 9.72. The predicted octanol–water partition coefficient (Wildman–Crippen LogP) is 4.41. The van der Waals surface area contributed by atoms with E-state index in [1.807, 2.05) is 6.92 Å². The van der Waals surface area contributed by atoms with E-state index in [-0.39, 0.29) is 5.60 Å². The van der Waals surface area contributed by atoms with Crippen LogP contribution in [-0.4, -0.2) is 17.3 Å². The van der Waals surface area contributed by atoms with E-state index in [1.165, 1.54) is 12.0 Å². The number of benzene rings is 1. The molecule has 0 bridgehead atoms. The second kappa shape index (κ2) is 7.24. The summed E-state index contributed by atoms with van der Waals surface area (Å²) in [5.41, 5.74) is 1.98. The molecule has 1 saturated carbocycles. The average molecular weight is 276 g/mol. The molecule has 1 aromatic rings. The van der Waals surface area contributed by atoms with Crippen LogP contribution in [0.15, 0.2) is 24.3 Å². The molecule has 0 saturated heterocycles. The fourth-order valence-corrected chi connectivity index (χ4v) is 3.39. The topological polar surface area (TPSA) is 29.5 Å². The highest BCUT2D eigenvalue weighted by Gasteiger charge is 2.40. The molecule has 1 aliphatic rings. The van der Waals surface area contributed by atoms with Gasteiger partial charge < -0.3 is 9.84 Å². The highest BCUT2D eigenvalue weighted by Crippen LogP contribution is 2.41. The molecule has 0 aromatic heterocycles. The molecule has 0 spiro atoms. The van der Waals surface area contributed by atoms with Crippen LogP contribution in [0.3, 0.4) is 0 Å². The molecule has 1 unspecified atom stereocenters. The molecular formula is C18H28O2. The zero-order valence-corrected chi connectivity index (χ0v) is 12.9. The van der Waals surface area contributed by atoms with Crippen molar-refractivity contribution in [2.24, 2.45) is 0 Å². The van der Waals surface area contributed by atoms with Crippen molar-refractivity contribution < 1.29 is 9.84 Å². The zero-order valence-electron chi connectivity index (χ0n) is 12.9. The Morgan fingerprint density at radius 2 is 1.75 bits per heavy atom. The highest BCUT2D eigenvalue weighted by atomic mass is 16.5. The Balaban J connectivity index is 2.15. The van der Waals surface area contributed by atoms with Crippen molar-refractivity contribution in [3.05, 3.63) is 35.4 Å². The maximum Gasteiger partial charge on any atom is 0.108 e. The van der Waals surface area contributed by atoms with Crippen LogP contribution >= 0.6 is 0 Å². The minimum atomic E-state index is -0.501. The lowest BCUT2D eigenvalue weighted by Crippen LogP contribution is -2.41. The van der Waals surface area contributed by atoms with E-state index in [0.717, 1.165) is 44.1 Å². The van der Waals surface area contributed by atoms with E-state index >= 15 is 0 Å². The number of hydrogen-bond acceptors (Lipinski definition) is 2. The van der Waals surface area contributed by atoms with Crippen LogP contribution in [0, 0.1) is 0 Å². The SMILES string of the molecule is CCCc1ccc(C(O)C2(OCC)CCCCC2)cc1. The second-order valence-corrected chi connectivity index (χ2v) is 5.95. The minimum Gasteiger partial charge on any atom is -0.385 e. The van der Waals surface area contributed by atoms with Crippen molar-refractivity contribution in [1.82, 2.24) is 0 Å². The molecule has 1 atom stereocenters. The molecule has 2 rings (SSSR count). The van der Waals surface area contributed by atoms with Gasteiger partial charge in [0.15, 0.2) is 0 Å². The van der Waals surface area contributed by atoms with E-state index in [9.17, 15) is 5.11 Å². The van der Waals surface area contributed by atoms with E-state index < -0.39 is 6.10 Å². The van der Waals surface area contributed by atoms with Crippen LogP contribution in [0.2, 0.25) is 0 Å². The zero-order chi connectivity index (χ0) is 14.4. The smallest absolute Gasteiger partial charge is 0.108 e. The molecule has 1 fully saturated rings. The Morgan fingerprint density at radius 1 is 1.10 bits per heavy atom. The van der Waals surface area contributed by atoms with E-state index in [0.29, 0.717) is 6.61 Å². The fraction of sp³-hybridized carbons (Fsp3) is 0.667. The molecular weight excluding hydrogens is 248 g/mol. The maximum absolute atomic E-state index is 10.8. The molecule has 1 N–H and O–H groups in total. The van der Waals surface area contributed by atoms with Crippen LogP contribution in [0.5, 0.6) is 0 Å². The Kier molecular flexibility index (Phi) is 5.62. The Hall–Kier alpha value is -0.860. The molecule has 0 heterocycles. The Bertz CT molecular complexity index is 385. The van der Waals surface area contributed by atoms with Crippen molar-refractivity contribution in [3.63, 3.8) is 0 Å². The fourth-order valence-electron chi connectivity index (χ4n) is 3.39. The van der Waals surface area contributed by atoms with Gasteiger partial charge in [0, 0.05) is 6.61 Å². The quantitative estimate of drug-likeness (QED) is 0.834. The van der Waals surface area contributed by atoms with Gasteiger partial charge in [-0.3, -0.25) is 0 Å².